The van der Waals surface area contributed by atoms with Crippen LogP contribution in [0.1, 0.15) is 18.4 Å². The second-order valence-electron chi connectivity index (χ2n) is 5.00. The first-order chi connectivity index (χ1) is 9.66. The lowest BCUT2D eigenvalue weighted by molar-refractivity contribution is 0.605. The highest BCUT2D eigenvalue weighted by atomic mass is 19.1. The number of aryl methyl sites for hydroxylation is 1. The standard InChI is InChI=1S/C15H15F2N3/c1-10-5-4-6-11(13(10)17)14-18-9-12(16)15(19-14)20-7-2-3-8-20/h4-6,9H,2-3,7-8H2,1H3. The minimum absolute atomic E-state index is 0.231. The van der Waals surface area contributed by atoms with Crippen molar-refractivity contribution in [3.63, 3.8) is 0 Å². The molecule has 0 bridgehead atoms. The van der Waals surface area contributed by atoms with Crippen LogP contribution in [-0.4, -0.2) is 23.1 Å². The van der Waals surface area contributed by atoms with Gasteiger partial charge in [-0.15, -0.1) is 0 Å². The Kier molecular flexibility index (Phi) is 3.34. The number of halogens is 2. The number of benzene rings is 1. The van der Waals surface area contributed by atoms with Crippen LogP contribution >= 0.6 is 0 Å². The second-order valence-corrected chi connectivity index (χ2v) is 5.00. The topological polar surface area (TPSA) is 29.0 Å². The van der Waals surface area contributed by atoms with Gasteiger partial charge in [-0.3, -0.25) is 0 Å². The third-order valence-corrected chi connectivity index (χ3v) is 3.56. The van der Waals surface area contributed by atoms with Crippen molar-refractivity contribution < 1.29 is 8.78 Å². The summed E-state index contributed by atoms with van der Waals surface area (Å²) >= 11 is 0. The normalized spacial score (nSPS) is 14.8. The molecule has 1 saturated heterocycles. The van der Waals surface area contributed by atoms with E-state index in [1.807, 2.05) is 4.90 Å². The molecule has 0 radical (unpaired) electrons. The Hall–Kier alpha value is -2.04. The molecule has 1 aromatic carbocycles. The SMILES string of the molecule is Cc1cccc(-c2ncc(F)c(N3CCCC3)n2)c1F. The molecule has 0 saturated carbocycles. The minimum Gasteiger partial charge on any atom is -0.354 e. The van der Waals surface area contributed by atoms with Crippen molar-refractivity contribution >= 4 is 5.82 Å². The van der Waals surface area contributed by atoms with Gasteiger partial charge >= 0.3 is 0 Å². The van der Waals surface area contributed by atoms with Gasteiger partial charge in [0, 0.05) is 13.1 Å². The van der Waals surface area contributed by atoms with E-state index in [1.54, 1.807) is 25.1 Å². The average Bonchev–Trinajstić information content (AvgIpc) is 2.97. The van der Waals surface area contributed by atoms with Gasteiger partial charge < -0.3 is 4.90 Å². The fraction of sp³-hybridized carbons (Fsp3) is 0.333. The van der Waals surface area contributed by atoms with Crippen molar-refractivity contribution in [1.82, 2.24) is 9.97 Å². The molecular formula is C15H15F2N3. The van der Waals surface area contributed by atoms with E-state index < -0.39 is 5.82 Å². The molecule has 0 unspecified atom stereocenters. The molecular weight excluding hydrogens is 260 g/mol. The van der Waals surface area contributed by atoms with Crippen molar-refractivity contribution in [3.8, 4) is 11.4 Å². The summed E-state index contributed by atoms with van der Waals surface area (Å²) in [7, 11) is 0. The largest absolute Gasteiger partial charge is 0.354 e. The van der Waals surface area contributed by atoms with Gasteiger partial charge in [0.25, 0.3) is 0 Å². The zero-order valence-electron chi connectivity index (χ0n) is 11.2. The van der Waals surface area contributed by atoms with Gasteiger partial charge in [0.15, 0.2) is 17.5 Å². The number of aromatic nitrogens is 2. The number of nitrogens with zero attached hydrogens (tertiary/aromatic N) is 3. The van der Waals surface area contributed by atoms with E-state index in [-0.39, 0.29) is 17.5 Å². The lowest BCUT2D eigenvalue weighted by Crippen LogP contribution is -2.21. The van der Waals surface area contributed by atoms with Gasteiger partial charge in [-0.2, -0.15) is 0 Å². The molecule has 0 amide bonds. The molecule has 0 atom stereocenters. The van der Waals surface area contributed by atoms with E-state index in [1.165, 1.54) is 0 Å². The third kappa shape index (κ3) is 2.24. The summed E-state index contributed by atoms with van der Waals surface area (Å²) in [6, 6.07) is 5.04. The molecule has 2 heterocycles. The van der Waals surface area contributed by atoms with Crippen molar-refractivity contribution in [3.05, 3.63) is 41.6 Å². The van der Waals surface area contributed by atoms with Gasteiger partial charge in [0.05, 0.1) is 11.8 Å². The van der Waals surface area contributed by atoms with Gasteiger partial charge in [-0.25, -0.2) is 18.7 Å². The fourth-order valence-corrected chi connectivity index (χ4v) is 2.46. The van der Waals surface area contributed by atoms with Crippen LogP contribution in [0.2, 0.25) is 0 Å². The van der Waals surface area contributed by atoms with Crippen molar-refractivity contribution in [2.24, 2.45) is 0 Å². The first kappa shape index (κ1) is 13.0. The van der Waals surface area contributed by atoms with Crippen LogP contribution in [0.3, 0.4) is 0 Å². The quantitative estimate of drug-likeness (QED) is 0.841. The zero-order chi connectivity index (χ0) is 14.1. The van der Waals surface area contributed by atoms with Gasteiger partial charge in [0.2, 0.25) is 0 Å². The first-order valence-corrected chi connectivity index (χ1v) is 6.70. The summed E-state index contributed by atoms with van der Waals surface area (Å²) in [5.41, 5.74) is 0.837. The number of hydrogen-bond donors (Lipinski definition) is 0. The fourth-order valence-electron chi connectivity index (χ4n) is 2.46. The van der Waals surface area contributed by atoms with Crippen LogP contribution < -0.4 is 4.90 Å². The van der Waals surface area contributed by atoms with E-state index in [2.05, 4.69) is 9.97 Å². The van der Waals surface area contributed by atoms with Gasteiger partial charge in [0.1, 0.15) is 5.82 Å². The first-order valence-electron chi connectivity index (χ1n) is 6.70. The lowest BCUT2D eigenvalue weighted by Gasteiger charge is -2.17. The molecule has 0 spiro atoms. The maximum absolute atomic E-state index is 14.1. The van der Waals surface area contributed by atoms with E-state index in [4.69, 9.17) is 0 Å². The van der Waals surface area contributed by atoms with Crippen molar-refractivity contribution in [2.75, 3.05) is 18.0 Å². The molecule has 5 heteroatoms. The summed E-state index contributed by atoms with van der Waals surface area (Å²) in [6.45, 7) is 3.25. The number of anilines is 1. The van der Waals surface area contributed by atoms with Crippen LogP contribution in [0.25, 0.3) is 11.4 Å². The summed E-state index contributed by atoms with van der Waals surface area (Å²) in [6.07, 6.45) is 3.17. The Morgan fingerprint density at radius 2 is 1.90 bits per heavy atom. The number of rotatable bonds is 2. The van der Waals surface area contributed by atoms with Crippen molar-refractivity contribution in [1.29, 1.82) is 0 Å². The van der Waals surface area contributed by atoms with E-state index in [0.717, 1.165) is 32.1 Å². The van der Waals surface area contributed by atoms with Crippen molar-refractivity contribution in [2.45, 2.75) is 19.8 Å². The lowest BCUT2D eigenvalue weighted by atomic mass is 10.1. The highest BCUT2D eigenvalue weighted by molar-refractivity contribution is 5.59. The molecule has 104 valence electrons. The Balaban J connectivity index is 2.06. The molecule has 0 aliphatic carbocycles. The van der Waals surface area contributed by atoms with Crippen LogP contribution in [-0.2, 0) is 0 Å². The van der Waals surface area contributed by atoms with Crippen LogP contribution in [0, 0.1) is 18.6 Å². The second kappa shape index (κ2) is 5.15. The van der Waals surface area contributed by atoms with E-state index in [9.17, 15) is 8.78 Å². The third-order valence-electron chi connectivity index (χ3n) is 3.56. The highest BCUT2D eigenvalue weighted by Crippen LogP contribution is 2.26. The zero-order valence-corrected chi connectivity index (χ0v) is 11.2. The summed E-state index contributed by atoms with van der Waals surface area (Å²) in [5, 5.41) is 0. The smallest absolute Gasteiger partial charge is 0.183 e. The number of hydrogen-bond acceptors (Lipinski definition) is 3. The predicted molar refractivity (Wildman–Crippen MR) is 73.6 cm³/mol. The Morgan fingerprint density at radius 1 is 1.15 bits per heavy atom. The molecule has 20 heavy (non-hydrogen) atoms. The molecule has 1 aliphatic rings. The monoisotopic (exact) mass is 275 g/mol. The van der Waals surface area contributed by atoms with Crippen LogP contribution in [0.5, 0.6) is 0 Å². The maximum atomic E-state index is 14.1. The summed E-state index contributed by atoms with van der Waals surface area (Å²) in [4.78, 5) is 10.0. The van der Waals surface area contributed by atoms with E-state index in [0.29, 0.717) is 11.1 Å². The Bertz CT molecular complexity index is 637. The Labute approximate surface area is 116 Å². The highest BCUT2D eigenvalue weighted by Gasteiger charge is 2.20. The molecule has 2 aromatic rings. The average molecular weight is 275 g/mol. The summed E-state index contributed by atoms with van der Waals surface area (Å²) < 4.78 is 28.0. The predicted octanol–water partition coefficient (Wildman–Crippen LogP) is 3.33. The molecule has 1 aliphatic heterocycles. The van der Waals surface area contributed by atoms with Crippen LogP contribution in [0.15, 0.2) is 24.4 Å². The van der Waals surface area contributed by atoms with E-state index >= 15 is 0 Å². The van der Waals surface area contributed by atoms with Gasteiger partial charge in [-0.05, 0) is 31.4 Å². The van der Waals surface area contributed by atoms with Gasteiger partial charge in [-0.1, -0.05) is 12.1 Å². The molecule has 1 fully saturated rings. The molecule has 3 rings (SSSR count). The maximum Gasteiger partial charge on any atom is 0.183 e. The molecule has 3 nitrogen and oxygen atoms in total. The molecule has 1 aromatic heterocycles. The Morgan fingerprint density at radius 3 is 2.65 bits per heavy atom. The molecule has 0 N–H and O–H groups in total. The van der Waals surface area contributed by atoms with Crippen LogP contribution in [0.4, 0.5) is 14.6 Å². The summed E-state index contributed by atoms with van der Waals surface area (Å²) in [5.74, 6) is -0.307. The minimum atomic E-state index is -0.455.